The molecule has 26 heavy (non-hydrogen) atoms. The highest BCUT2D eigenvalue weighted by Crippen LogP contribution is 2.25. The van der Waals surface area contributed by atoms with Crippen molar-refractivity contribution in [3.63, 3.8) is 0 Å². The molecular weight excluding hydrogens is 330 g/mol. The number of carbonyl (C=O) groups excluding carboxylic acids is 2. The van der Waals surface area contributed by atoms with Gasteiger partial charge in [-0.2, -0.15) is 0 Å². The van der Waals surface area contributed by atoms with Crippen LogP contribution in [0.4, 0.5) is 0 Å². The number of nitrogens with zero attached hydrogens (tertiary/aromatic N) is 2. The minimum absolute atomic E-state index is 0.0840. The van der Waals surface area contributed by atoms with Crippen LogP contribution in [-0.2, 0) is 9.53 Å². The first-order valence-electron chi connectivity index (χ1n) is 8.99. The maximum Gasteiger partial charge on any atom is 0.310 e. The van der Waals surface area contributed by atoms with Gasteiger partial charge in [-0.1, -0.05) is 18.2 Å². The lowest BCUT2D eigenvalue weighted by Crippen LogP contribution is -2.42. The number of esters is 1. The van der Waals surface area contributed by atoms with Crippen LogP contribution in [0.2, 0.25) is 0 Å². The van der Waals surface area contributed by atoms with E-state index in [1.165, 1.54) is 0 Å². The van der Waals surface area contributed by atoms with Crippen LogP contribution in [0.25, 0.3) is 21.8 Å². The zero-order chi connectivity index (χ0) is 18.1. The number of piperidine rings is 1. The molecule has 1 amide bonds. The van der Waals surface area contributed by atoms with Crippen molar-refractivity contribution in [1.82, 2.24) is 14.9 Å². The summed E-state index contributed by atoms with van der Waals surface area (Å²) in [6.45, 7) is 3.23. The van der Waals surface area contributed by atoms with Crippen LogP contribution < -0.4 is 0 Å². The molecule has 2 aromatic heterocycles. The molecule has 1 aromatic carbocycles. The molecule has 1 fully saturated rings. The van der Waals surface area contributed by atoms with Crippen LogP contribution >= 0.6 is 0 Å². The maximum absolute atomic E-state index is 13.0. The lowest BCUT2D eigenvalue weighted by Gasteiger charge is -2.31. The van der Waals surface area contributed by atoms with Crippen molar-refractivity contribution in [3.8, 4) is 0 Å². The summed E-state index contributed by atoms with van der Waals surface area (Å²) in [4.78, 5) is 34.4. The second kappa shape index (κ2) is 6.78. The Hall–Kier alpha value is -2.89. The van der Waals surface area contributed by atoms with E-state index in [4.69, 9.17) is 4.74 Å². The average Bonchev–Trinajstić information content (AvgIpc) is 3.12. The Kier molecular flexibility index (Phi) is 4.32. The Morgan fingerprint density at radius 1 is 1.31 bits per heavy atom. The van der Waals surface area contributed by atoms with Gasteiger partial charge in [0.2, 0.25) is 0 Å². The number of benzene rings is 1. The standard InChI is InChI=1S/C20H21N3O3/c1-2-26-20(25)15-6-4-10-23(12-15)19(24)16-11-14-8-7-13-5-3-9-21-17(13)18(14)22-16/h3,5,7-9,11,15,22H,2,4,6,10,12H2,1H3. The first-order chi connectivity index (χ1) is 12.7. The number of fused-ring (bicyclic) bond motifs is 3. The fourth-order valence-corrected chi connectivity index (χ4v) is 3.64. The zero-order valence-corrected chi connectivity index (χ0v) is 14.7. The van der Waals surface area contributed by atoms with E-state index in [0.717, 1.165) is 34.6 Å². The quantitative estimate of drug-likeness (QED) is 0.736. The third kappa shape index (κ3) is 2.92. The SMILES string of the molecule is CCOC(=O)C1CCCN(C(=O)c2cc3ccc4cccnc4c3[nH]2)C1. The summed E-state index contributed by atoms with van der Waals surface area (Å²) in [5, 5.41) is 1.99. The van der Waals surface area contributed by atoms with Gasteiger partial charge in [-0.3, -0.25) is 14.6 Å². The highest BCUT2D eigenvalue weighted by Gasteiger charge is 2.30. The van der Waals surface area contributed by atoms with Crippen molar-refractivity contribution in [2.75, 3.05) is 19.7 Å². The lowest BCUT2D eigenvalue weighted by molar-refractivity contribution is -0.149. The first kappa shape index (κ1) is 16.6. The molecule has 1 aliphatic rings. The number of nitrogens with one attached hydrogen (secondary N) is 1. The van der Waals surface area contributed by atoms with Gasteiger partial charge >= 0.3 is 5.97 Å². The molecule has 4 rings (SSSR count). The number of rotatable bonds is 3. The van der Waals surface area contributed by atoms with E-state index in [1.54, 1.807) is 18.0 Å². The van der Waals surface area contributed by atoms with Crippen molar-refractivity contribution in [3.05, 3.63) is 42.2 Å². The predicted molar refractivity (Wildman–Crippen MR) is 98.9 cm³/mol. The monoisotopic (exact) mass is 351 g/mol. The second-order valence-corrected chi connectivity index (χ2v) is 6.63. The summed E-state index contributed by atoms with van der Waals surface area (Å²) in [6, 6.07) is 9.75. The first-order valence-corrected chi connectivity index (χ1v) is 8.99. The van der Waals surface area contributed by atoms with Crippen LogP contribution in [-0.4, -0.2) is 46.4 Å². The highest BCUT2D eigenvalue weighted by atomic mass is 16.5. The minimum Gasteiger partial charge on any atom is -0.466 e. The molecular formula is C20H21N3O3. The zero-order valence-electron chi connectivity index (χ0n) is 14.7. The molecule has 0 aliphatic carbocycles. The van der Waals surface area contributed by atoms with E-state index in [2.05, 4.69) is 9.97 Å². The Morgan fingerprint density at radius 3 is 3.00 bits per heavy atom. The van der Waals surface area contributed by atoms with E-state index in [1.807, 2.05) is 30.3 Å². The van der Waals surface area contributed by atoms with Gasteiger partial charge in [0.25, 0.3) is 5.91 Å². The molecule has 3 aromatic rings. The van der Waals surface area contributed by atoms with Crippen LogP contribution in [0.3, 0.4) is 0 Å². The van der Waals surface area contributed by atoms with E-state index in [-0.39, 0.29) is 17.8 Å². The van der Waals surface area contributed by atoms with E-state index in [9.17, 15) is 9.59 Å². The van der Waals surface area contributed by atoms with Crippen LogP contribution in [0.5, 0.6) is 0 Å². The number of aromatic nitrogens is 2. The van der Waals surface area contributed by atoms with Crippen LogP contribution in [0, 0.1) is 5.92 Å². The molecule has 6 heteroatoms. The van der Waals surface area contributed by atoms with Gasteiger partial charge in [0.15, 0.2) is 0 Å². The Morgan fingerprint density at radius 2 is 2.15 bits per heavy atom. The van der Waals surface area contributed by atoms with Gasteiger partial charge < -0.3 is 14.6 Å². The average molecular weight is 351 g/mol. The lowest BCUT2D eigenvalue weighted by atomic mass is 9.98. The molecule has 6 nitrogen and oxygen atoms in total. The summed E-state index contributed by atoms with van der Waals surface area (Å²) in [5.74, 6) is -0.532. The fraction of sp³-hybridized carbons (Fsp3) is 0.350. The topological polar surface area (TPSA) is 75.3 Å². The Bertz CT molecular complexity index is 979. The number of pyridine rings is 1. The second-order valence-electron chi connectivity index (χ2n) is 6.63. The van der Waals surface area contributed by atoms with Crippen LogP contribution in [0.1, 0.15) is 30.3 Å². The highest BCUT2D eigenvalue weighted by molar-refractivity contribution is 6.07. The molecule has 134 valence electrons. The van der Waals surface area contributed by atoms with E-state index < -0.39 is 0 Å². The molecule has 1 saturated heterocycles. The molecule has 0 bridgehead atoms. The number of hydrogen-bond acceptors (Lipinski definition) is 4. The third-order valence-electron chi connectivity index (χ3n) is 4.93. The molecule has 1 atom stereocenters. The van der Waals surface area contributed by atoms with Crippen LogP contribution in [0.15, 0.2) is 36.5 Å². The minimum atomic E-state index is -0.237. The van der Waals surface area contributed by atoms with Gasteiger partial charge in [0.05, 0.1) is 23.6 Å². The third-order valence-corrected chi connectivity index (χ3v) is 4.93. The number of carbonyl (C=O) groups is 2. The molecule has 1 unspecified atom stereocenters. The normalized spacial score (nSPS) is 17.6. The maximum atomic E-state index is 13.0. The molecule has 0 saturated carbocycles. The van der Waals surface area contributed by atoms with Gasteiger partial charge in [0, 0.05) is 30.1 Å². The number of aromatic amines is 1. The molecule has 1 aliphatic heterocycles. The van der Waals surface area contributed by atoms with Crippen molar-refractivity contribution >= 4 is 33.7 Å². The largest absolute Gasteiger partial charge is 0.466 e. The smallest absolute Gasteiger partial charge is 0.310 e. The summed E-state index contributed by atoms with van der Waals surface area (Å²) in [5.41, 5.74) is 2.25. The Labute approximate surface area is 151 Å². The van der Waals surface area contributed by atoms with Gasteiger partial charge in [-0.25, -0.2) is 0 Å². The molecule has 0 spiro atoms. The van der Waals surface area contributed by atoms with E-state index in [0.29, 0.717) is 25.4 Å². The van der Waals surface area contributed by atoms with Gasteiger partial charge in [0.1, 0.15) is 5.69 Å². The summed E-state index contributed by atoms with van der Waals surface area (Å²) < 4.78 is 5.12. The fourth-order valence-electron chi connectivity index (χ4n) is 3.64. The summed E-state index contributed by atoms with van der Waals surface area (Å²) in [6.07, 6.45) is 3.32. The number of ether oxygens (including phenoxy) is 1. The van der Waals surface area contributed by atoms with Crippen molar-refractivity contribution in [1.29, 1.82) is 0 Å². The molecule has 3 heterocycles. The number of H-pyrrole nitrogens is 1. The summed E-state index contributed by atoms with van der Waals surface area (Å²) >= 11 is 0. The summed E-state index contributed by atoms with van der Waals surface area (Å²) in [7, 11) is 0. The number of hydrogen-bond donors (Lipinski definition) is 1. The predicted octanol–water partition coefficient (Wildman–Crippen LogP) is 3.13. The molecule has 0 radical (unpaired) electrons. The molecule has 1 N–H and O–H groups in total. The van der Waals surface area contributed by atoms with E-state index >= 15 is 0 Å². The van der Waals surface area contributed by atoms with Gasteiger partial charge in [-0.15, -0.1) is 0 Å². The van der Waals surface area contributed by atoms with Crippen molar-refractivity contribution in [2.45, 2.75) is 19.8 Å². The Balaban J connectivity index is 1.61. The van der Waals surface area contributed by atoms with Crippen molar-refractivity contribution < 1.29 is 14.3 Å². The number of amides is 1. The number of likely N-dealkylation sites (tertiary alicyclic amines) is 1. The van der Waals surface area contributed by atoms with Crippen molar-refractivity contribution in [2.24, 2.45) is 5.92 Å². The van der Waals surface area contributed by atoms with Gasteiger partial charge in [-0.05, 0) is 31.9 Å².